The summed E-state index contributed by atoms with van der Waals surface area (Å²) < 4.78 is 0.954. The number of anilines is 1. The van der Waals surface area contributed by atoms with Crippen molar-refractivity contribution in [3.05, 3.63) is 28.2 Å². The Morgan fingerprint density at radius 1 is 1.40 bits per heavy atom. The topological polar surface area (TPSA) is 35.8 Å². The van der Waals surface area contributed by atoms with Gasteiger partial charge in [-0.05, 0) is 30.5 Å². The van der Waals surface area contributed by atoms with Gasteiger partial charge in [-0.1, -0.05) is 28.8 Å². The number of nitrogens with zero attached hydrogens (tertiary/aromatic N) is 1. The Labute approximate surface area is 98.4 Å². The Balaban J connectivity index is 1.94. The molecule has 1 fully saturated rings. The maximum Gasteiger partial charge on any atom is 0.0992 e. The Bertz CT molecular complexity index is 391. The van der Waals surface area contributed by atoms with Gasteiger partial charge in [-0.15, -0.1) is 0 Å². The van der Waals surface area contributed by atoms with Gasteiger partial charge in [-0.3, -0.25) is 0 Å². The van der Waals surface area contributed by atoms with E-state index >= 15 is 0 Å². The fourth-order valence-corrected chi connectivity index (χ4v) is 2.08. The molecule has 1 aromatic carbocycles. The van der Waals surface area contributed by atoms with E-state index in [1.54, 1.807) is 0 Å². The zero-order valence-electron chi connectivity index (χ0n) is 8.46. The summed E-state index contributed by atoms with van der Waals surface area (Å²) in [6.45, 7) is 1.01. The smallest absolute Gasteiger partial charge is 0.0992 e. The molecule has 0 aliphatic heterocycles. The maximum absolute atomic E-state index is 8.81. The lowest BCUT2D eigenvalue weighted by molar-refractivity contribution is 0.760. The summed E-state index contributed by atoms with van der Waals surface area (Å²) >= 11 is 3.40. The van der Waals surface area contributed by atoms with Crippen LogP contribution in [0.5, 0.6) is 0 Å². The van der Waals surface area contributed by atoms with E-state index in [1.807, 2.05) is 18.2 Å². The van der Waals surface area contributed by atoms with Gasteiger partial charge in [-0.2, -0.15) is 5.26 Å². The molecule has 0 radical (unpaired) electrons. The van der Waals surface area contributed by atoms with Crippen molar-refractivity contribution >= 4 is 21.6 Å². The van der Waals surface area contributed by atoms with Crippen molar-refractivity contribution in [1.82, 2.24) is 0 Å². The summed E-state index contributed by atoms with van der Waals surface area (Å²) in [6, 6.07) is 7.87. The molecule has 2 nitrogen and oxygen atoms in total. The minimum Gasteiger partial charge on any atom is -0.385 e. The summed E-state index contributed by atoms with van der Waals surface area (Å²) in [6.07, 6.45) is 4.03. The summed E-state index contributed by atoms with van der Waals surface area (Å²) in [5.74, 6) is 0.945. The quantitative estimate of drug-likeness (QED) is 0.903. The third-order valence-electron chi connectivity index (χ3n) is 2.61. The van der Waals surface area contributed by atoms with Crippen molar-refractivity contribution in [2.45, 2.75) is 19.3 Å². The van der Waals surface area contributed by atoms with Gasteiger partial charge in [0.25, 0.3) is 0 Å². The number of nitriles is 1. The van der Waals surface area contributed by atoms with Crippen LogP contribution in [0.1, 0.15) is 24.8 Å². The van der Waals surface area contributed by atoms with Gasteiger partial charge >= 0.3 is 0 Å². The summed E-state index contributed by atoms with van der Waals surface area (Å²) in [4.78, 5) is 0. The number of nitrogens with one attached hydrogen (secondary N) is 1. The first-order chi connectivity index (χ1) is 7.28. The molecule has 78 valence electrons. The molecule has 3 heteroatoms. The average molecular weight is 265 g/mol. The van der Waals surface area contributed by atoms with Crippen LogP contribution in [-0.4, -0.2) is 6.54 Å². The highest BCUT2D eigenvalue weighted by Crippen LogP contribution is 2.32. The van der Waals surface area contributed by atoms with Crippen molar-refractivity contribution in [2.75, 3.05) is 11.9 Å². The summed E-state index contributed by atoms with van der Waals surface area (Å²) in [7, 11) is 0. The Morgan fingerprint density at radius 3 is 2.87 bits per heavy atom. The van der Waals surface area contributed by atoms with Gasteiger partial charge < -0.3 is 5.32 Å². The van der Waals surface area contributed by atoms with Crippen LogP contribution in [0.15, 0.2) is 22.7 Å². The zero-order chi connectivity index (χ0) is 10.7. The molecule has 1 N–H and O–H groups in total. The van der Waals surface area contributed by atoms with Crippen LogP contribution in [0.3, 0.4) is 0 Å². The molecule has 1 aliphatic carbocycles. The van der Waals surface area contributed by atoms with Crippen molar-refractivity contribution in [1.29, 1.82) is 5.26 Å². The van der Waals surface area contributed by atoms with Crippen LogP contribution in [0.25, 0.3) is 0 Å². The van der Waals surface area contributed by atoms with Gasteiger partial charge in [-0.25, -0.2) is 0 Å². The number of halogens is 1. The molecular formula is C12H13BrN2. The predicted molar refractivity (Wildman–Crippen MR) is 64.7 cm³/mol. The first-order valence-electron chi connectivity index (χ1n) is 5.22. The molecular weight excluding hydrogens is 252 g/mol. The van der Waals surface area contributed by atoms with Crippen molar-refractivity contribution in [3.63, 3.8) is 0 Å². The second-order valence-corrected chi connectivity index (χ2v) is 4.91. The lowest BCUT2D eigenvalue weighted by Gasteiger charge is -2.06. The van der Waals surface area contributed by atoms with E-state index < -0.39 is 0 Å². The van der Waals surface area contributed by atoms with Crippen LogP contribution < -0.4 is 5.32 Å². The molecule has 15 heavy (non-hydrogen) atoms. The fraction of sp³-hybridized carbons (Fsp3) is 0.417. The second-order valence-electron chi connectivity index (χ2n) is 4.00. The highest BCUT2D eigenvalue weighted by molar-refractivity contribution is 9.10. The lowest BCUT2D eigenvalue weighted by atomic mass is 10.2. The normalized spacial score (nSPS) is 14.7. The molecule has 0 unspecified atom stereocenters. The Morgan fingerprint density at radius 2 is 2.20 bits per heavy atom. The van der Waals surface area contributed by atoms with E-state index in [9.17, 15) is 0 Å². The second kappa shape index (κ2) is 4.67. The average Bonchev–Trinajstić information content (AvgIpc) is 3.01. The summed E-state index contributed by atoms with van der Waals surface area (Å²) in [5.41, 5.74) is 1.72. The fourth-order valence-electron chi connectivity index (χ4n) is 1.58. The summed E-state index contributed by atoms with van der Waals surface area (Å²) in [5, 5.41) is 12.2. The first kappa shape index (κ1) is 10.5. The van der Waals surface area contributed by atoms with Crippen LogP contribution >= 0.6 is 15.9 Å². The molecule has 0 aromatic heterocycles. The molecule has 1 saturated carbocycles. The van der Waals surface area contributed by atoms with Crippen LogP contribution in [0, 0.1) is 17.2 Å². The highest BCUT2D eigenvalue weighted by atomic mass is 79.9. The zero-order valence-corrected chi connectivity index (χ0v) is 10.0. The van der Waals surface area contributed by atoms with Crippen LogP contribution in [-0.2, 0) is 0 Å². The van der Waals surface area contributed by atoms with Gasteiger partial charge in [0.15, 0.2) is 0 Å². The monoisotopic (exact) mass is 264 g/mol. The molecule has 1 aromatic rings. The number of rotatable bonds is 4. The lowest BCUT2D eigenvalue weighted by Crippen LogP contribution is -2.02. The largest absolute Gasteiger partial charge is 0.385 e. The number of hydrogen-bond acceptors (Lipinski definition) is 2. The van der Waals surface area contributed by atoms with E-state index in [0.717, 1.165) is 22.6 Å². The predicted octanol–water partition coefficient (Wildman–Crippen LogP) is 3.53. The van der Waals surface area contributed by atoms with Gasteiger partial charge in [0.05, 0.1) is 11.6 Å². The Hall–Kier alpha value is -1.01. The SMILES string of the molecule is N#Cc1cc(Br)cc(NCCC2CC2)c1. The maximum atomic E-state index is 8.81. The standard InChI is InChI=1S/C12H13BrN2/c13-11-5-10(8-14)6-12(7-11)15-4-3-9-1-2-9/h5-7,9,15H,1-4H2. The van der Waals surface area contributed by atoms with Crippen LogP contribution in [0.2, 0.25) is 0 Å². The highest BCUT2D eigenvalue weighted by Gasteiger charge is 2.20. The van der Waals surface area contributed by atoms with Gasteiger partial charge in [0.1, 0.15) is 0 Å². The number of benzene rings is 1. The van der Waals surface area contributed by atoms with E-state index in [1.165, 1.54) is 19.3 Å². The molecule has 2 rings (SSSR count). The minimum absolute atomic E-state index is 0.693. The molecule has 0 amide bonds. The third kappa shape index (κ3) is 3.24. The Kier molecular flexibility index (Phi) is 3.27. The van der Waals surface area contributed by atoms with Gasteiger partial charge in [0, 0.05) is 16.7 Å². The minimum atomic E-state index is 0.693. The molecule has 0 saturated heterocycles. The van der Waals surface area contributed by atoms with Crippen molar-refractivity contribution in [3.8, 4) is 6.07 Å². The molecule has 0 heterocycles. The van der Waals surface area contributed by atoms with E-state index in [0.29, 0.717) is 5.56 Å². The van der Waals surface area contributed by atoms with Crippen molar-refractivity contribution < 1.29 is 0 Å². The molecule has 1 aliphatic rings. The van der Waals surface area contributed by atoms with Crippen molar-refractivity contribution in [2.24, 2.45) is 5.92 Å². The van der Waals surface area contributed by atoms with Gasteiger partial charge in [0.2, 0.25) is 0 Å². The molecule has 0 atom stereocenters. The molecule has 0 spiro atoms. The van der Waals surface area contributed by atoms with E-state index in [4.69, 9.17) is 5.26 Å². The number of hydrogen-bond donors (Lipinski definition) is 1. The molecule has 0 bridgehead atoms. The van der Waals surface area contributed by atoms with E-state index in [2.05, 4.69) is 27.3 Å². The first-order valence-corrected chi connectivity index (χ1v) is 6.02. The third-order valence-corrected chi connectivity index (χ3v) is 3.06. The van der Waals surface area contributed by atoms with E-state index in [-0.39, 0.29) is 0 Å². The van der Waals surface area contributed by atoms with Crippen LogP contribution in [0.4, 0.5) is 5.69 Å².